The van der Waals surface area contributed by atoms with Gasteiger partial charge in [0.05, 0.1) is 11.5 Å². The minimum Gasteiger partial charge on any atom is -0.452 e. The summed E-state index contributed by atoms with van der Waals surface area (Å²) >= 11 is 1.13. The van der Waals surface area contributed by atoms with Gasteiger partial charge in [0.1, 0.15) is 0 Å². The molecule has 2 amide bonds. The SMILES string of the molecule is C=CCNC(=O)[C@@H](C)OC(=O)CSCC(=O)Nc1ccc(C)cc1. The van der Waals surface area contributed by atoms with Crippen LogP contribution in [0.5, 0.6) is 0 Å². The van der Waals surface area contributed by atoms with Crippen LogP contribution in [0.3, 0.4) is 0 Å². The highest BCUT2D eigenvalue weighted by Crippen LogP contribution is 2.10. The lowest BCUT2D eigenvalue weighted by Crippen LogP contribution is -2.36. The van der Waals surface area contributed by atoms with Crippen molar-refractivity contribution in [3.05, 3.63) is 42.5 Å². The smallest absolute Gasteiger partial charge is 0.316 e. The van der Waals surface area contributed by atoms with Crippen LogP contribution in [-0.4, -0.2) is 41.9 Å². The van der Waals surface area contributed by atoms with Crippen molar-refractivity contribution in [1.82, 2.24) is 5.32 Å². The van der Waals surface area contributed by atoms with Gasteiger partial charge in [0.2, 0.25) is 5.91 Å². The molecular weight excluding hydrogens is 328 g/mol. The van der Waals surface area contributed by atoms with Crippen molar-refractivity contribution < 1.29 is 19.1 Å². The Morgan fingerprint density at radius 1 is 1.25 bits per heavy atom. The Balaban J connectivity index is 2.24. The van der Waals surface area contributed by atoms with Gasteiger partial charge in [-0.1, -0.05) is 23.8 Å². The van der Waals surface area contributed by atoms with Gasteiger partial charge >= 0.3 is 5.97 Å². The van der Waals surface area contributed by atoms with Crippen LogP contribution in [0.25, 0.3) is 0 Å². The number of rotatable bonds is 9. The highest BCUT2D eigenvalue weighted by atomic mass is 32.2. The summed E-state index contributed by atoms with van der Waals surface area (Å²) in [6.07, 6.45) is 0.661. The van der Waals surface area contributed by atoms with Gasteiger partial charge < -0.3 is 15.4 Å². The lowest BCUT2D eigenvalue weighted by molar-refractivity contribution is -0.152. The third kappa shape index (κ3) is 7.82. The van der Waals surface area contributed by atoms with Crippen LogP contribution in [0.2, 0.25) is 0 Å². The monoisotopic (exact) mass is 350 g/mol. The van der Waals surface area contributed by atoms with E-state index in [1.807, 2.05) is 31.2 Å². The molecule has 2 N–H and O–H groups in total. The van der Waals surface area contributed by atoms with Crippen molar-refractivity contribution in [1.29, 1.82) is 0 Å². The highest BCUT2D eigenvalue weighted by molar-refractivity contribution is 8.00. The summed E-state index contributed by atoms with van der Waals surface area (Å²) in [5.74, 6) is -0.997. The van der Waals surface area contributed by atoms with E-state index >= 15 is 0 Å². The zero-order valence-corrected chi connectivity index (χ0v) is 14.7. The average molecular weight is 350 g/mol. The quantitative estimate of drug-likeness (QED) is 0.525. The molecule has 0 bridgehead atoms. The van der Waals surface area contributed by atoms with E-state index in [1.54, 1.807) is 0 Å². The van der Waals surface area contributed by atoms with Crippen LogP contribution in [0, 0.1) is 6.92 Å². The molecule has 0 radical (unpaired) electrons. The Hall–Kier alpha value is -2.28. The maximum Gasteiger partial charge on any atom is 0.316 e. The Kier molecular flexibility index (Phi) is 8.64. The van der Waals surface area contributed by atoms with Gasteiger partial charge in [0.15, 0.2) is 6.10 Å². The lowest BCUT2D eigenvalue weighted by atomic mass is 10.2. The molecular formula is C17H22N2O4S. The third-order valence-electron chi connectivity index (χ3n) is 2.89. The number of benzene rings is 1. The van der Waals surface area contributed by atoms with E-state index in [4.69, 9.17) is 4.74 Å². The van der Waals surface area contributed by atoms with E-state index in [0.29, 0.717) is 12.2 Å². The molecule has 6 nitrogen and oxygen atoms in total. The Morgan fingerprint density at radius 2 is 1.92 bits per heavy atom. The molecule has 1 aromatic carbocycles. The number of amides is 2. The number of nitrogens with one attached hydrogen (secondary N) is 2. The van der Waals surface area contributed by atoms with Crippen LogP contribution in [0.15, 0.2) is 36.9 Å². The first-order chi connectivity index (χ1) is 11.4. The second-order valence-corrected chi connectivity index (χ2v) is 6.06. The molecule has 0 aliphatic heterocycles. The van der Waals surface area contributed by atoms with Gasteiger partial charge in [-0.2, -0.15) is 0 Å². The normalized spacial score (nSPS) is 11.2. The van der Waals surface area contributed by atoms with Crippen LogP contribution in [0.4, 0.5) is 5.69 Å². The number of hydrogen-bond acceptors (Lipinski definition) is 5. The summed E-state index contributed by atoms with van der Waals surface area (Å²) in [7, 11) is 0. The largest absolute Gasteiger partial charge is 0.452 e. The molecule has 0 aliphatic rings. The number of aryl methyl sites for hydroxylation is 1. The number of thioether (sulfide) groups is 1. The molecule has 0 aliphatic carbocycles. The summed E-state index contributed by atoms with van der Waals surface area (Å²) in [6, 6.07) is 7.43. The second kappa shape index (κ2) is 10.5. The first-order valence-electron chi connectivity index (χ1n) is 7.44. The van der Waals surface area contributed by atoms with E-state index in [1.165, 1.54) is 13.0 Å². The molecule has 0 saturated carbocycles. The lowest BCUT2D eigenvalue weighted by Gasteiger charge is -2.12. The Labute approximate surface area is 146 Å². The van der Waals surface area contributed by atoms with E-state index < -0.39 is 12.1 Å². The number of carbonyl (C=O) groups excluding carboxylic acids is 3. The Bertz CT molecular complexity index is 587. The van der Waals surface area contributed by atoms with Gasteiger partial charge in [0.25, 0.3) is 5.91 Å². The van der Waals surface area contributed by atoms with E-state index in [2.05, 4.69) is 17.2 Å². The van der Waals surface area contributed by atoms with Crippen molar-refractivity contribution in [3.8, 4) is 0 Å². The fourth-order valence-corrected chi connectivity index (χ4v) is 2.26. The molecule has 0 heterocycles. The second-order valence-electron chi connectivity index (χ2n) is 5.07. The number of hydrogen-bond donors (Lipinski definition) is 2. The molecule has 1 rings (SSSR count). The Morgan fingerprint density at radius 3 is 2.54 bits per heavy atom. The van der Waals surface area contributed by atoms with Gasteiger partial charge in [-0.05, 0) is 26.0 Å². The first kappa shape index (κ1) is 19.8. The van der Waals surface area contributed by atoms with Crippen LogP contribution < -0.4 is 10.6 Å². The zero-order chi connectivity index (χ0) is 17.9. The average Bonchev–Trinajstić information content (AvgIpc) is 2.54. The molecule has 1 aromatic rings. The van der Waals surface area contributed by atoms with Gasteiger partial charge in [-0.25, -0.2) is 0 Å². The fraction of sp³-hybridized carbons (Fsp3) is 0.353. The summed E-state index contributed by atoms with van der Waals surface area (Å²) < 4.78 is 4.98. The molecule has 0 saturated heterocycles. The summed E-state index contributed by atoms with van der Waals surface area (Å²) in [6.45, 7) is 7.25. The van der Waals surface area contributed by atoms with Gasteiger partial charge in [0, 0.05) is 12.2 Å². The molecule has 7 heteroatoms. The van der Waals surface area contributed by atoms with Crippen molar-refractivity contribution >= 4 is 35.2 Å². The summed E-state index contributed by atoms with van der Waals surface area (Å²) in [5.41, 5.74) is 1.82. The van der Waals surface area contributed by atoms with Gasteiger partial charge in [-0.3, -0.25) is 14.4 Å². The standard InChI is InChI=1S/C17H22N2O4S/c1-4-9-18-17(22)13(3)23-16(21)11-24-10-15(20)19-14-7-5-12(2)6-8-14/h4-8,13H,1,9-11H2,2-3H3,(H,18,22)(H,19,20)/t13-/m1/s1. The molecule has 1 atom stereocenters. The topological polar surface area (TPSA) is 84.5 Å². The van der Waals surface area contributed by atoms with Crippen LogP contribution >= 0.6 is 11.8 Å². The number of anilines is 1. The maximum atomic E-state index is 11.8. The molecule has 24 heavy (non-hydrogen) atoms. The fourth-order valence-electron chi connectivity index (χ4n) is 1.66. The predicted molar refractivity (Wildman–Crippen MR) is 95.9 cm³/mol. The number of ether oxygens (including phenoxy) is 1. The van der Waals surface area contributed by atoms with Crippen molar-refractivity contribution in [2.45, 2.75) is 20.0 Å². The van der Waals surface area contributed by atoms with E-state index in [9.17, 15) is 14.4 Å². The zero-order valence-electron chi connectivity index (χ0n) is 13.8. The first-order valence-corrected chi connectivity index (χ1v) is 8.60. The number of esters is 1. The summed E-state index contributed by atoms with van der Waals surface area (Å²) in [4.78, 5) is 34.9. The minimum absolute atomic E-state index is 0.000393. The summed E-state index contributed by atoms with van der Waals surface area (Å²) in [5, 5.41) is 5.28. The number of carbonyl (C=O) groups is 3. The van der Waals surface area contributed by atoms with Crippen LogP contribution in [0.1, 0.15) is 12.5 Å². The molecule has 130 valence electrons. The third-order valence-corrected chi connectivity index (χ3v) is 3.79. The minimum atomic E-state index is -0.876. The predicted octanol–water partition coefficient (Wildman–Crippen LogP) is 1.90. The van der Waals surface area contributed by atoms with E-state index in [-0.39, 0.29) is 23.3 Å². The highest BCUT2D eigenvalue weighted by Gasteiger charge is 2.17. The molecule has 0 unspecified atom stereocenters. The molecule has 0 aromatic heterocycles. The van der Waals surface area contributed by atoms with Crippen molar-refractivity contribution in [2.24, 2.45) is 0 Å². The maximum absolute atomic E-state index is 11.8. The van der Waals surface area contributed by atoms with Crippen molar-refractivity contribution in [3.63, 3.8) is 0 Å². The molecule has 0 fully saturated rings. The van der Waals surface area contributed by atoms with Crippen LogP contribution in [-0.2, 0) is 19.1 Å². The van der Waals surface area contributed by atoms with Gasteiger partial charge in [-0.15, -0.1) is 18.3 Å². The molecule has 0 spiro atoms. The van der Waals surface area contributed by atoms with Crippen molar-refractivity contribution in [2.75, 3.05) is 23.4 Å². The van der Waals surface area contributed by atoms with E-state index in [0.717, 1.165) is 17.3 Å².